The SMILES string of the molecule is O=c1[nH]c2ccc([N+](=O)[O-])cc2c(=O)n1OCc1ccccc1. The summed E-state index contributed by atoms with van der Waals surface area (Å²) in [5.74, 6) is 0. The fourth-order valence-corrected chi connectivity index (χ4v) is 2.13. The fourth-order valence-electron chi connectivity index (χ4n) is 2.13. The van der Waals surface area contributed by atoms with Crippen molar-refractivity contribution in [1.82, 2.24) is 9.71 Å². The van der Waals surface area contributed by atoms with E-state index < -0.39 is 16.2 Å². The van der Waals surface area contributed by atoms with E-state index in [1.807, 2.05) is 6.07 Å². The molecule has 0 unspecified atom stereocenters. The van der Waals surface area contributed by atoms with Crippen molar-refractivity contribution in [2.45, 2.75) is 6.61 Å². The van der Waals surface area contributed by atoms with Gasteiger partial charge in [0.05, 0.1) is 15.8 Å². The number of fused-ring (bicyclic) bond motifs is 1. The molecule has 0 aliphatic carbocycles. The van der Waals surface area contributed by atoms with Crippen LogP contribution in [-0.2, 0) is 6.61 Å². The second-order valence-electron chi connectivity index (χ2n) is 4.78. The number of nitrogens with one attached hydrogen (secondary N) is 1. The zero-order valence-electron chi connectivity index (χ0n) is 11.8. The number of H-pyrrole nitrogens is 1. The molecule has 0 aliphatic rings. The average molecular weight is 313 g/mol. The number of benzene rings is 2. The minimum Gasteiger partial charge on any atom is -0.401 e. The van der Waals surface area contributed by atoms with Crippen molar-refractivity contribution in [3.63, 3.8) is 0 Å². The molecule has 23 heavy (non-hydrogen) atoms. The second-order valence-corrected chi connectivity index (χ2v) is 4.78. The third-order valence-electron chi connectivity index (χ3n) is 3.26. The van der Waals surface area contributed by atoms with Gasteiger partial charge in [-0.15, -0.1) is 0 Å². The van der Waals surface area contributed by atoms with Crippen molar-refractivity contribution in [3.05, 3.63) is 85.0 Å². The van der Waals surface area contributed by atoms with Crippen LogP contribution in [0.3, 0.4) is 0 Å². The highest BCUT2D eigenvalue weighted by molar-refractivity contribution is 5.79. The Balaban J connectivity index is 2.04. The number of nitro groups is 1. The van der Waals surface area contributed by atoms with E-state index in [2.05, 4.69) is 4.98 Å². The lowest BCUT2D eigenvalue weighted by Crippen LogP contribution is -2.39. The van der Waals surface area contributed by atoms with Crippen LogP contribution in [0.2, 0.25) is 0 Å². The van der Waals surface area contributed by atoms with Crippen LogP contribution >= 0.6 is 0 Å². The van der Waals surface area contributed by atoms with Crippen LogP contribution in [0.1, 0.15) is 5.56 Å². The summed E-state index contributed by atoms with van der Waals surface area (Å²) in [4.78, 5) is 42.2. The van der Waals surface area contributed by atoms with Gasteiger partial charge in [0.15, 0.2) is 0 Å². The first kappa shape index (κ1) is 14.5. The quantitative estimate of drug-likeness (QED) is 0.575. The Morgan fingerprint density at radius 1 is 1.13 bits per heavy atom. The smallest absolute Gasteiger partial charge is 0.362 e. The highest BCUT2D eigenvalue weighted by Crippen LogP contribution is 2.15. The molecule has 0 atom stereocenters. The van der Waals surface area contributed by atoms with Crippen LogP contribution in [0, 0.1) is 10.1 Å². The first-order valence-electron chi connectivity index (χ1n) is 6.67. The van der Waals surface area contributed by atoms with Gasteiger partial charge in [0.1, 0.15) is 6.61 Å². The maximum absolute atomic E-state index is 12.3. The molecule has 8 heteroatoms. The third-order valence-corrected chi connectivity index (χ3v) is 3.26. The highest BCUT2D eigenvalue weighted by Gasteiger charge is 2.13. The van der Waals surface area contributed by atoms with Crippen molar-refractivity contribution >= 4 is 16.6 Å². The number of aromatic nitrogens is 2. The molecular formula is C15H11N3O5. The number of hydrogen-bond donors (Lipinski definition) is 1. The standard InChI is InChI=1S/C15H11N3O5/c19-14-12-8-11(18(21)22)6-7-13(12)16-15(20)17(14)23-9-10-4-2-1-3-5-10/h1-8H,9H2,(H,16,20). The molecule has 2 aromatic carbocycles. The zero-order valence-corrected chi connectivity index (χ0v) is 11.8. The predicted octanol–water partition coefficient (Wildman–Crippen LogP) is 1.23. The van der Waals surface area contributed by atoms with E-state index in [9.17, 15) is 19.7 Å². The lowest BCUT2D eigenvalue weighted by Gasteiger charge is -2.08. The van der Waals surface area contributed by atoms with Crippen LogP contribution in [0.5, 0.6) is 0 Å². The molecule has 0 saturated heterocycles. The molecule has 3 rings (SSSR count). The topological polar surface area (TPSA) is 107 Å². The highest BCUT2D eigenvalue weighted by atomic mass is 16.7. The molecule has 0 amide bonds. The van der Waals surface area contributed by atoms with E-state index >= 15 is 0 Å². The Morgan fingerprint density at radius 2 is 1.87 bits per heavy atom. The van der Waals surface area contributed by atoms with Gasteiger partial charge in [0, 0.05) is 12.1 Å². The third kappa shape index (κ3) is 2.82. The largest absolute Gasteiger partial charge is 0.401 e. The molecule has 1 aromatic heterocycles. The summed E-state index contributed by atoms with van der Waals surface area (Å²) in [7, 11) is 0. The molecule has 8 nitrogen and oxygen atoms in total. The molecule has 0 spiro atoms. The number of rotatable bonds is 4. The molecule has 1 N–H and O–H groups in total. The molecular weight excluding hydrogens is 302 g/mol. The molecule has 0 aliphatic heterocycles. The van der Waals surface area contributed by atoms with E-state index in [0.717, 1.165) is 11.6 Å². The van der Waals surface area contributed by atoms with Crippen LogP contribution in [0.4, 0.5) is 5.69 Å². The number of nitro benzene ring substituents is 1. The Kier molecular flexibility index (Phi) is 3.63. The van der Waals surface area contributed by atoms with Crippen molar-refractivity contribution in [2.75, 3.05) is 0 Å². The molecule has 1 heterocycles. The summed E-state index contributed by atoms with van der Waals surface area (Å²) in [5.41, 5.74) is -0.741. The second kappa shape index (κ2) is 5.76. The summed E-state index contributed by atoms with van der Waals surface area (Å²) in [5, 5.41) is 10.8. The van der Waals surface area contributed by atoms with Gasteiger partial charge in [-0.25, -0.2) is 4.79 Å². The lowest BCUT2D eigenvalue weighted by atomic mass is 10.2. The van der Waals surface area contributed by atoms with E-state index in [1.165, 1.54) is 12.1 Å². The Labute approximate surface area is 128 Å². The monoisotopic (exact) mass is 313 g/mol. The van der Waals surface area contributed by atoms with Crippen molar-refractivity contribution < 1.29 is 9.76 Å². The van der Waals surface area contributed by atoms with E-state index in [0.29, 0.717) is 4.73 Å². The number of nitrogens with zero attached hydrogens (tertiary/aromatic N) is 2. The maximum Gasteiger partial charge on any atom is 0.362 e. The Morgan fingerprint density at radius 3 is 2.57 bits per heavy atom. The van der Waals surface area contributed by atoms with Crippen LogP contribution in [0.25, 0.3) is 10.9 Å². The van der Waals surface area contributed by atoms with Gasteiger partial charge in [-0.05, 0) is 11.6 Å². The summed E-state index contributed by atoms with van der Waals surface area (Å²) in [6.45, 7) is 0.0181. The van der Waals surface area contributed by atoms with Gasteiger partial charge in [-0.1, -0.05) is 35.1 Å². The van der Waals surface area contributed by atoms with Gasteiger partial charge < -0.3 is 9.82 Å². The molecule has 3 aromatic rings. The molecule has 116 valence electrons. The summed E-state index contributed by atoms with van der Waals surface area (Å²) < 4.78 is 0.569. The average Bonchev–Trinajstić information content (AvgIpc) is 2.55. The van der Waals surface area contributed by atoms with Gasteiger partial charge in [0.25, 0.3) is 11.2 Å². The molecule has 0 fully saturated rings. The number of hydrogen-bond acceptors (Lipinski definition) is 5. The van der Waals surface area contributed by atoms with Gasteiger partial charge in [-0.2, -0.15) is 0 Å². The number of aromatic amines is 1. The zero-order chi connectivity index (χ0) is 16.4. The summed E-state index contributed by atoms with van der Waals surface area (Å²) in [6, 6.07) is 12.6. The molecule has 0 saturated carbocycles. The lowest BCUT2D eigenvalue weighted by molar-refractivity contribution is -0.384. The fraction of sp³-hybridized carbons (Fsp3) is 0.0667. The van der Waals surface area contributed by atoms with Gasteiger partial charge in [-0.3, -0.25) is 14.9 Å². The molecule has 0 bridgehead atoms. The minimum atomic E-state index is -0.747. The van der Waals surface area contributed by atoms with E-state index in [-0.39, 0.29) is 23.2 Å². The van der Waals surface area contributed by atoms with E-state index in [1.54, 1.807) is 24.3 Å². The van der Waals surface area contributed by atoms with Gasteiger partial charge in [0.2, 0.25) is 0 Å². The van der Waals surface area contributed by atoms with Crippen molar-refractivity contribution in [3.8, 4) is 0 Å². The minimum absolute atomic E-state index is 0.00635. The normalized spacial score (nSPS) is 10.6. The summed E-state index contributed by atoms with van der Waals surface area (Å²) >= 11 is 0. The van der Waals surface area contributed by atoms with Gasteiger partial charge >= 0.3 is 5.69 Å². The number of non-ortho nitro benzene ring substituents is 1. The van der Waals surface area contributed by atoms with Crippen LogP contribution < -0.4 is 16.1 Å². The van der Waals surface area contributed by atoms with Crippen molar-refractivity contribution in [1.29, 1.82) is 0 Å². The van der Waals surface area contributed by atoms with Crippen LogP contribution in [0.15, 0.2) is 58.1 Å². The van der Waals surface area contributed by atoms with Crippen LogP contribution in [-0.4, -0.2) is 14.6 Å². The Bertz CT molecular complexity index is 991. The predicted molar refractivity (Wildman–Crippen MR) is 82.2 cm³/mol. The van der Waals surface area contributed by atoms with E-state index in [4.69, 9.17) is 4.84 Å². The van der Waals surface area contributed by atoms with Crippen molar-refractivity contribution in [2.24, 2.45) is 0 Å². The Hall–Kier alpha value is -3.42. The first-order valence-corrected chi connectivity index (χ1v) is 6.67. The summed E-state index contributed by atoms with van der Waals surface area (Å²) in [6.07, 6.45) is 0. The maximum atomic E-state index is 12.3. The molecule has 0 radical (unpaired) electrons. The first-order chi connectivity index (χ1) is 11.1.